The van der Waals surface area contributed by atoms with Gasteiger partial charge in [0.1, 0.15) is 0 Å². The number of benzene rings is 1. The molecular formula is C19H34AlNO. The summed E-state index contributed by atoms with van der Waals surface area (Å²) in [5, 5.41) is 14.4. The quantitative estimate of drug-likeness (QED) is 0.536. The molecule has 0 amide bonds. The summed E-state index contributed by atoms with van der Waals surface area (Å²) in [4.78, 5) is 0. The van der Waals surface area contributed by atoms with E-state index < -0.39 is 0 Å². The minimum absolute atomic E-state index is 0. The van der Waals surface area contributed by atoms with Gasteiger partial charge in [-0.15, -0.1) is 11.7 Å². The maximum absolute atomic E-state index is 9.50. The molecule has 0 spiro atoms. The third kappa shape index (κ3) is 7.68. The van der Waals surface area contributed by atoms with Crippen LogP contribution in [0.4, 0.5) is 5.69 Å². The van der Waals surface area contributed by atoms with E-state index in [4.69, 9.17) is 5.32 Å². The number of aliphatic hydroxyl groups excluding tert-OH is 1. The molecule has 0 saturated carbocycles. The van der Waals surface area contributed by atoms with Crippen molar-refractivity contribution in [3.8, 4) is 0 Å². The monoisotopic (exact) mass is 319 g/mol. The van der Waals surface area contributed by atoms with Crippen LogP contribution in [0.2, 0.25) is 0 Å². The Kier molecular flexibility index (Phi) is 14.4. The fraction of sp³-hybridized carbons (Fsp3) is 0.579. The van der Waals surface area contributed by atoms with E-state index in [0.29, 0.717) is 18.3 Å². The van der Waals surface area contributed by atoms with Crippen molar-refractivity contribution >= 4 is 23.0 Å². The standard InChI is InChI=1S/C17H28NO.2CH3.Al/c1-11(2)15-8-7-9-16(12(3)4)17(15)18-13(5)10-14(6)19;;;/h7-9,11-14,19H,10H2,1-6H3;2*1H3;/q3*-1;+3. The summed E-state index contributed by atoms with van der Waals surface area (Å²) in [6.07, 6.45) is 0.414. The summed E-state index contributed by atoms with van der Waals surface area (Å²) in [6, 6.07) is 6.62. The first kappa shape index (κ1) is 26.4. The zero-order valence-corrected chi connectivity index (χ0v) is 16.9. The van der Waals surface area contributed by atoms with Crippen LogP contribution in [0.15, 0.2) is 18.2 Å². The first-order chi connectivity index (χ1) is 8.82. The van der Waals surface area contributed by atoms with E-state index in [9.17, 15) is 5.11 Å². The number of aliphatic hydroxyl groups is 1. The molecule has 0 radical (unpaired) electrons. The number of rotatable bonds is 6. The Morgan fingerprint density at radius 2 is 1.32 bits per heavy atom. The van der Waals surface area contributed by atoms with Crippen molar-refractivity contribution in [1.29, 1.82) is 0 Å². The molecule has 3 heteroatoms. The van der Waals surface area contributed by atoms with Gasteiger partial charge in [-0.3, -0.25) is 0 Å². The zero-order valence-electron chi connectivity index (χ0n) is 15.7. The van der Waals surface area contributed by atoms with E-state index in [1.807, 2.05) is 6.92 Å². The molecule has 2 unspecified atom stereocenters. The second-order valence-corrected chi connectivity index (χ2v) is 6.16. The molecule has 0 aliphatic carbocycles. The van der Waals surface area contributed by atoms with Gasteiger partial charge in [0.25, 0.3) is 0 Å². The van der Waals surface area contributed by atoms with E-state index in [-0.39, 0.29) is 44.4 Å². The molecule has 0 aliphatic rings. The number of hydrogen-bond donors (Lipinski definition) is 1. The van der Waals surface area contributed by atoms with Gasteiger partial charge in [-0.1, -0.05) is 63.9 Å². The van der Waals surface area contributed by atoms with Crippen LogP contribution >= 0.6 is 0 Å². The van der Waals surface area contributed by atoms with Gasteiger partial charge in [0.15, 0.2) is 0 Å². The van der Waals surface area contributed by atoms with Crippen molar-refractivity contribution in [3.05, 3.63) is 49.5 Å². The first-order valence-electron chi connectivity index (χ1n) is 7.34. The van der Waals surface area contributed by atoms with Crippen molar-refractivity contribution in [1.82, 2.24) is 0 Å². The minimum atomic E-state index is -0.299. The summed E-state index contributed by atoms with van der Waals surface area (Å²) in [5.74, 6) is 0.937. The topological polar surface area (TPSA) is 34.3 Å². The summed E-state index contributed by atoms with van der Waals surface area (Å²) in [5.41, 5.74) is 3.76. The average molecular weight is 319 g/mol. The number of nitrogens with zero attached hydrogens (tertiary/aromatic N) is 1. The van der Waals surface area contributed by atoms with Crippen LogP contribution < -0.4 is 0 Å². The van der Waals surface area contributed by atoms with E-state index in [1.165, 1.54) is 11.1 Å². The molecule has 0 saturated heterocycles. The smallest absolute Gasteiger partial charge is 0.681 e. The molecule has 0 aromatic heterocycles. The maximum atomic E-state index is 9.50. The largest absolute Gasteiger partial charge is 3.00 e. The number of para-hydroxylation sites is 1. The summed E-state index contributed by atoms with van der Waals surface area (Å²) in [7, 11) is 0. The van der Waals surface area contributed by atoms with E-state index in [2.05, 4.69) is 52.8 Å². The molecule has 1 N–H and O–H groups in total. The SMILES string of the molecule is CC(O)CC(C)[N-]c1c(C(C)C)cccc1C(C)C.[Al+3].[CH3-].[CH3-]. The van der Waals surface area contributed by atoms with Gasteiger partial charge in [0.2, 0.25) is 0 Å². The third-order valence-electron chi connectivity index (χ3n) is 3.37. The average Bonchev–Trinajstić information content (AvgIpc) is 2.27. The first-order valence-corrected chi connectivity index (χ1v) is 7.34. The number of hydrogen-bond acceptors (Lipinski definition) is 1. The molecule has 0 bridgehead atoms. The van der Waals surface area contributed by atoms with Gasteiger partial charge < -0.3 is 25.3 Å². The van der Waals surface area contributed by atoms with Gasteiger partial charge in [-0.2, -0.15) is 0 Å². The minimum Gasteiger partial charge on any atom is -0.681 e. The van der Waals surface area contributed by atoms with Gasteiger partial charge in [-0.05, 0) is 25.2 Å². The summed E-state index contributed by atoms with van der Waals surface area (Å²) >= 11 is 0. The van der Waals surface area contributed by atoms with Gasteiger partial charge in [0.05, 0.1) is 0 Å². The fourth-order valence-corrected chi connectivity index (χ4v) is 2.43. The fourth-order valence-electron chi connectivity index (χ4n) is 2.43. The van der Waals surface area contributed by atoms with Crippen molar-refractivity contribution in [3.63, 3.8) is 0 Å². The normalized spacial score (nSPS) is 12.8. The van der Waals surface area contributed by atoms with Crippen LogP contribution in [0.5, 0.6) is 0 Å². The molecule has 2 nitrogen and oxygen atoms in total. The van der Waals surface area contributed by atoms with Crippen LogP contribution in [-0.2, 0) is 0 Å². The Morgan fingerprint density at radius 1 is 0.909 bits per heavy atom. The zero-order chi connectivity index (χ0) is 14.6. The molecule has 22 heavy (non-hydrogen) atoms. The Hall–Kier alpha value is -0.488. The van der Waals surface area contributed by atoms with Crippen LogP contribution in [0.3, 0.4) is 0 Å². The van der Waals surface area contributed by atoms with E-state index in [0.717, 1.165) is 5.69 Å². The van der Waals surface area contributed by atoms with E-state index in [1.54, 1.807) is 0 Å². The van der Waals surface area contributed by atoms with Crippen molar-refractivity contribution in [2.75, 3.05) is 0 Å². The predicted octanol–water partition coefficient (Wildman–Crippen LogP) is 5.62. The molecule has 0 aliphatic heterocycles. The van der Waals surface area contributed by atoms with Gasteiger partial charge >= 0.3 is 17.4 Å². The second kappa shape index (κ2) is 12.0. The Bertz CT molecular complexity index is 376. The molecule has 1 aromatic carbocycles. The maximum Gasteiger partial charge on any atom is 3.00 e. The summed E-state index contributed by atoms with van der Waals surface area (Å²) < 4.78 is 0. The Labute approximate surface area is 149 Å². The van der Waals surface area contributed by atoms with Gasteiger partial charge in [0, 0.05) is 6.10 Å². The summed E-state index contributed by atoms with van der Waals surface area (Å²) in [6.45, 7) is 12.7. The molecular weight excluding hydrogens is 285 g/mol. The predicted molar refractivity (Wildman–Crippen MR) is 102 cm³/mol. The molecule has 1 rings (SSSR count). The van der Waals surface area contributed by atoms with Crippen molar-refractivity contribution < 1.29 is 5.11 Å². The molecule has 0 fully saturated rings. The molecule has 124 valence electrons. The van der Waals surface area contributed by atoms with Gasteiger partial charge in [-0.25, -0.2) is 0 Å². The van der Waals surface area contributed by atoms with Crippen molar-refractivity contribution in [2.45, 2.75) is 71.9 Å². The molecule has 2 atom stereocenters. The molecule has 0 heterocycles. The molecule has 1 aromatic rings. The third-order valence-corrected chi connectivity index (χ3v) is 3.37. The van der Waals surface area contributed by atoms with Crippen LogP contribution in [-0.4, -0.2) is 34.6 Å². The van der Waals surface area contributed by atoms with E-state index >= 15 is 0 Å². The Balaban J connectivity index is -0.00000120. The van der Waals surface area contributed by atoms with Crippen LogP contribution in [0.25, 0.3) is 5.32 Å². The van der Waals surface area contributed by atoms with Crippen LogP contribution in [0.1, 0.15) is 70.9 Å². The van der Waals surface area contributed by atoms with Crippen molar-refractivity contribution in [2.24, 2.45) is 0 Å². The van der Waals surface area contributed by atoms with Crippen LogP contribution in [0, 0.1) is 14.9 Å². The Morgan fingerprint density at radius 3 is 1.64 bits per heavy atom. The second-order valence-electron chi connectivity index (χ2n) is 6.16.